The molecule has 7 nitrogen and oxygen atoms in total. The molecule has 29 heavy (non-hydrogen) atoms. The third-order valence-corrected chi connectivity index (χ3v) is 4.55. The number of hydrogen-bond acceptors (Lipinski definition) is 6. The SMILES string of the molecule is COc1cc(CNC(=O)COC(=O)C(C)(C)c2ccccc2)cc(OC)c1OC. The number of carbonyl (C=O) groups is 2. The van der Waals surface area contributed by atoms with Crippen molar-refractivity contribution in [1.82, 2.24) is 5.32 Å². The van der Waals surface area contributed by atoms with Gasteiger partial charge in [-0.25, -0.2) is 0 Å². The van der Waals surface area contributed by atoms with E-state index in [4.69, 9.17) is 18.9 Å². The predicted octanol–water partition coefficient (Wildman–Crippen LogP) is 2.85. The summed E-state index contributed by atoms with van der Waals surface area (Å²) in [4.78, 5) is 24.6. The van der Waals surface area contributed by atoms with Gasteiger partial charge in [0.1, 0.15) is 0 Å². The molecule has 0 atom stereocenters. The fraction of sp³-hybridized carbons (Fsp3) is 0.364. The van der Waals surface area contributed by atoms with Crippen molar-refractivity contribution in [3.05, 3.63) is 53.6 Å². The monoisotopic (exact) mass is 401 g/mol. The number of nitrogens with one attached hydrogen (secondary N) is 1. The lowest BCUT2D eigenvalue weighted by Crippen LogP contribution is -2.35. The Kier molecular flexibility index (Phi) is 7.47. The van der Waals surface area contributed by atoms with Crippen molar-refractivity contribution in [3.63, 3.8) is 0 Å². The van der Waals surface area contributed by atoms with Crippen LogP contribution in [-0.2, 0) is 26.3 Å². The van der Waals surface area contributed by atoms with Crippen LogP contribution in [0.3, 0.4) is 0 Å². The van der Waals surface area contributed by atoms with Crippen LogP contribution in [0.25, 0.3) is 0 Å². The second kappa shape index (κ2) is 9.82. The van der Waals surface area contributed by atoms with E-state index in [-0.39, 0.29) is 13.2 Å². The van der Waals surface area contributed by atoms with Crippen molar-refractivity contribution in [1.29, 1.82) is 0 Å². The standard InChI is InChI=1S/C22H27NO6/c1-22(2,16-9-7-6-8-10-16)21(25)29-14-19(24)23-13-15-11-17(26-3)20(28-5)18(12-15)27-4/h6-12H,13-14H2,1-5H3,(H,23,24). The Morgan fingerprint density at radius 3 is 2.03 bits per heavy atom. The Hall–Kier alpha value is -3.22. The molecule has 0 saturated carbocycles. The highest BCUT2D eigenvalue weighted by Crippen LogP contribution is 2.38. The predicted molar refractivity (Wildman–Crippen MR) is 108 cm³/mol. The lowest BCUT2D eigenvalue weighted by Gasteiger charge is -2.22. The van der Waals surface area contributed by atoms with Crippen LogP contribution in [0, 0.1) is 0 Å². The summed E-state index contributed by atoms with van der Waals surface area (Å²) in [6.45, 7) is 3.38. The Bertz CT molecular complexity index is 823. The first-order valence-electron chi connectivity index (χ1n) is 9.11. The fourth-order valence-electron chi connectivity index (χ4n) is 2.77. The van der Waals surface area contributed by atoms with Gasteiger partial charge in [-0.1, -0.05) is 30.3 Å². The summed E-state index contributed by atoms with van der Waals surface area (Å²) in [6, 6.07) is 12.8. The third-order valence-electron chi connectivity index (χ3n) is 4.55. The number of benzene rings is 2. The Balaban J connectivity index is 1.94. The van der Waals surface area contributed by atoms with E-state index < -0.39 is 17.3 Å². The number of rotatable bonds is 9. The maximum Gasteiger partial charge on any atom is 0.316 e. The molecule has 0 bridgehead atoms. The molecule has 0 heterocycles. The summed E-state index contributed by atoms with van der Waals surface area (Å²) in [7, 11) is 4.56. The van der Waals surface area contributed by atoms with Gasteiger partial charge in [-0.05, 0) is 37.1 Å². The zero-order valence-electron chi connectivity index (χ0n) is 17.4. The van der Waals surface area contributed by atoms with Gasteiger partial charge in [0.25, 0.3) is 5.91 Å². The van der Waals surface area contributed by atoms with E-state index in [1.165, 1.54) is 21.3 Å². The topological polar surface area (TPSA) is 83.1 Å². The van der Waals surface area contributed by atoms with E-state index in [2.05, 4.69) is 5.32 Å². The third kappa shape index (κ3) is 5.40. The number of amides is 1. The normalized spacial score (nSPS) is 10.8. The van der Waals surface area contributed by atoms with Gasteiger partial charge in [0.15, 0.2) is 18.1 Å². The molecule has 156 valence electrons. The van der Waals surface area contributed by atoms with Gasteiger partial charge in [0, 0.05) is 6.54 Å². The Morgan fingerprint density at radius 1 is 0.931 bits per heavy atom. The average Bonchev–Trinajstić information content (AvgIpc) is 2.75. The minimum atomic E-state index is -0.849. The highest BCUT2D eigenvalue weighted by atomic mass is 16.5. The van der Waals surface area contributed by atoms with Gasteiger partial charge < -0.3 is 24.3 Å². The van der Waals surface area contributed by atoms with Crippen LogP contribution in [0.2, 0.25) is 0 Å². The van der Waals surface area contributed by atoms with Gasteiger partial charge in [0.2, 0.25) is 5.75 Å². The van der Waals surface area contributed by atoms with Crippen molar-refractivity contribution in [2.24, 2.45) is 0 Å². The molecular weight excluding hydrogens is 374 g/mol. The molecule has 2 aromatic carbocycles. The highest BCUT2D eigenvalue weighted by Gasteiger charge is 2.31. The number of methoxy groups -OCH3 is 3. The summed E-state index contributed by atoms with van der Waals surface area (Å²) < 4.78 is 21.1. The van der Waals surface area contributed by atoms with Gasteiger partial charge in [-0.3, -0.25) is 9.59 Å². The number of hydrogen-bond donors (Lipinski definition) is 1. The van der Waals surface area contributed by atoms with E-state index in [0.29, 0.717) is 17.2 Å². The first-order valence-corrected chi connectivity index (χ1v) is 9.11. The minimum Gasteiger partial charge on any atom is -0.493 e. The fourth-order valence-corrected chi connectivity index (χ4v) is 2.77. The molecule has 2 rings (SSSR count). The molecule has 0 aromatic heterocycles. The van der Waals surface area contributed by atoms with Crippen LogP contribution in [0.1, 0.15) is 25.0 Å². The zero-order valence-corrected chi connectivity index (χ0v) is 17.4. The van der Waals surface area contributed by atoms with E-state index >= 15 is 0 Å². The van der Waals surface area contributed by atoms with Crippen LogP contribution in [0.5, 0.6) is 17.2 Å². The molecule has 0 unspecified atom stereocenters. The van der Waals surface area contributed by atoms with Crippen LogP contribution in [0.15, 0.2) is 42.5 Å². The van der Waals surface area contributed by atoms with Crippen molar-refractivity contribution in [2.75, 3.05) is 27.9 Å². The van der Waals surface area contributed by atoms with E-state index in [1.54, 1.807) is 26.0 Å². The lowest BCUT2D eigenvalue weighted by molar-refractivity contribution is -0.153. The second-order valence-electron chi connectivity index (χ2n) is 6.88. The summed E-state index contributed by atoms with van der Waals surface area (Å²) in [6.07, 6.45) is 0. The van der Waals surface area contributed by atoms with Crippen molar-refractivity contribution in [3.8, 4) is 17.2 Å². The molecule has 0 spiro atoms. The quantitative estimate of drug-likeness (QED) is 0.651. The maximum absolute atomic E-state index is 12.4. The first-order chi connectivity index (χ1) is 13.8. The molecule has 7 heteroatoms. The van der Waals surface area contributed by atoms with Crippen LogP contribution >= 0.6 is 0 Å². The van der Waals surface area contributed by atoms with E-state index in [9.17, 15) is 9.59 Å². The van der Waals surface area contributed by atoms with Crippen LogP contribution < -0.4 is 19.5 Å². The summed E-state index contributed by atoms with van der Waals surface area (Å²) in [5.41, 5.74) is 0.727. The molecule has 1 N–H and O–H groups in total. The number of carbonyl (C=O) groups excluding carboxylic acids is 2. The highest BCUT2D eigenvalue weighted by molar-refractivity contribution is 5.85. The van der Waals surface area contributed by atoms with E-state index in [1.807, 2.05) is 30.3 Å². The van der Waals surface area contributed by atoms with Gasteiger partial charge >= 0.3 is 5.97 Å². The van der Waals surface area contributed by atoms with Gasteiger partial charge in [0.05, 0.1) is 26.7 Å². The van der Waals surface area contributed by atoms with Gasteiger partial charge in [-0.15, -0.1) is 0 Å². The summed E-state index contributed by atoms with van der Waals surface area (Å²) in [5.74, 6) is 0.587. The maximum atomic E-state index is 12.4. The molecule has 2 aromatic rings. The second-order valence-corrected chi connectivity index (χ2v) is 6.88. The molecule has 0 radical (unpaired) electrons. The molecule has 0 aliphatic rings. The Labute approximate surface area is 170 Å². The smallest absolute Gasteiger partial charge is 0.316 e. The van der Waals surface area contributed by atoms with Crippen LogP contribution in [0.4, 0.5) is 0 Å². The molecule has 0 saturated heterocycles. The summed E-state index contributed by atoms with van der Waals surface area (Å²) in [5, 5.41) is 2.72. The molecule has 0 fully saturated rings. The minimum absolute atomic E-state index is 0.217. The van der Waals surface area contributed by atoms with Gasteiger partial charge in [-0.2, -0.15) is 0 Å². The zero-order chi connectivity index (χ0) is 21.4. The Morgan fingerprint density at radius 2 is 1.52 bits per heavy atom. The first kappa shape index (κ1) is 22.1. The van der Waals surface area contributed by atoms with Crippen molar-refractivity contribution < 1.29 is 28.5 Å². The van der Waals surface area contributed by atoms with Crippen LogP contribution in [-0.4, -0.2) is 39.8 Å². The average molecular weight is 401 g/mol. The molecule has 0 aliphatic heterocycles. The largest absolute Gasteiger partial charge is 0.493 e. The summed E-state index contributed by atoms with van der Waals surface area (Å²) >= 11 is 0. The number of ether oxygens (including phenoxy) is 4. The molecule has 1 amide bonds. The lowest BCUT2D eigenvalue weighted by atomic mass is 9.85. The molecular formula is C22H27NO6. The molecule has 0 aliphatic carbocycles. The van der Waals surface area contributed by atoms with Crippen molar-refractivity contribution in [2.45, 2.75) is 25.8 Å². The van der Waals surface area contributed by atoms with E-state index in [0.717, 1.165) is 11.1 Å². The van der Waals surface area contributed by atoms with Crippen molar-refractivity contribution >= 4 is 11.9 Å². The number of esters is 1.